The van der Waals surface area contributed by atoms with Crippen LogP contribution in [0, 0.1) is 0 Å². The molecule has 1 aliphatic heterocycles. The molecule has 7 nitrogen and oxygen atoms in total. The normalized spacial score (nSPS) is 18.6. The maximum absolute atomic E-state index is 12.1. The van der Waals surface area contributed by atoms with Gasteiger partial charge in [-0.1, -0.05) is 29.3 Å². The molecule has 2 heterocycles. The van der Waals surface area contributed by atoms with Gasteiger partial charge < -0.3 is 9.64 Å². The molecule has 2 N–H and O–H groups in total. The van der Waals surface area contributed by atoms with Crippen LogP contribution in [0.2, 0.25) is 10.0 Å². The average Bonchev–Trinajstić information content (AvgIpc) is 3.41. The number of hydrogen-bond acceptors (Lipinski definition) is 5. The molecule has 156 valence electrons. The summed E-state index contributed by atoms with van der Waals surface area (Å²) in [7, 11) is 0. The zero-order valence-corrected chi connectivity index (χ0v) is 17.7. The number of nitrogens with zero attached hydrogens (tertiary/aromatic N) is 3. The number of carbonyl (C=O) groups is 1. The number of ether oxygens (including phenoxy) is 1. The van der Waals surface area contributed by atoms with Gasteiger partial charge in [0.2, 0.25) is 0 Å². The molecule has 30 heavy (non-hydrogen) atoms. The minimum Gasteiger partial charge on any atom is -0.378 e. The molecule has 0 spiro atoms. The van der Waals surface area contributed by atoms with Crippen molar-refractivity contribution in [2.45, 2.75) is 12.8 Å². The molecule has 1 amide bonds. The van der Waals surface area contributed by atoms with Crippen molar-refractivity contribution in [3.63, 3.8) is 0 Å². The Bertz CT molecular complexity index is 1010. The SMILES string of the molecule is O=C(N/N=C\C1=C(N2CCOCC2)C(=C/c2ccc(Cl)cc2Cl)/CC1)c1ccn[nH]1. The highest BCUT2D eigenvalue weighted by molar-refractivity contribution is 6.35. The molecule has 1 aromatic heterocycles. The predicted octanol–water partition coefficient (Wildman–Crippen LogP) is 3.90. The number of nitrogens with one attached hydrogen (secondary N) is 2. The number of rotatable bonds is 5. The fraction of sp³-hybridized carbons (Fsp3) is 0.286. The van der Waals surface area contributed by atoms with E-state index in [2.05, 4.69) is 31.7 Å². The molecule has 2 aliphatic rings. The monoisotopic (exact) mass is 445 g/mol. The number of halogens is 2. The van der Waals surface area contributed by atoms with Gasteiger partial charge in [0.15, 0.2) is 0 Å². The van der Waals surface area contributed by atoms with E-state index in [1.54, 1.807) is 18.3 Å². The first-order chi connectivity index (χ1) is 14.6. The van der Waals surface area contributed by atoms with E-state index in [4.69, 9.17) is 27.9 Å². The maximum Gasteiger partial charge on any atom is 0.289 e. The lowest BCUT2D eigenvalue weighted by molar-refractivity contribution is 0.0548. The Hall–Kier alpha value is -2.61. The molecule has 0 unspecified atom stereocenters. The van der Waals surface area contributed by atoms with Crippen LogP contribution in [0.25, 0.3) is 6.08 Å². The lowest BCUT2D eigenvalue weighted by Gasteiger charge is -2.31. The maximum atomic E-state index is 12.1. The zero-order chi connectivity index (χ0) is 20.9. The number of hydrogen-bond donors (Lipinski definition) is 2. The van der Waals surface area contributed by atoms with Crippen molar-refractivity contribution in [2.75, 3.05) is 26.3 Å². The van der Waals surface area contributed by atoms with E-state index in [9.17, 15) is 4.79 Å². The third kappa shape index (κ3) is 4.75. The van der Waals surface area contributed by atoms with Gasteiger partial charge in [-0.25, -0.2) is 5.43 Å². The number of aromatic amines is 1. The van der Waals surface area contributed by atoms with Crippen LogP contribution in [0.3, 0.4) is 0 Å². The summed E-state index contributed by atoms with van der Waals surface area (Å²) < 4.78 is 5.51. The van der Waals surface area contributed by atoms with Crippen LogP contribution in [0.1, 0.15) is 28.9 Å². The molecule has 9 heteroatoms. The number of hydrazone groups is 1. The number of allylic oxidation sites excluding steroid dienone is 2. The summed E-state index contributed by atoms with van der Waals surface area (Å²) in [6.07, 6.45) is 7.04. The number of H-pyrrole nitrogens is 1. The first-order valence-corrected chi connectivity index (χ1v) is 10.4. The smallest absolute Gasteiger partial charge is 0.289 e. The van der Waals surface area contributed by atoms with Gasteiger partial charge >= 0.3 is 0 Å². The summed E-state index contributed by atoms with van der Waals surface area (Å²) in [6, 6.07) is 7.09. The molecule has 0 bridgehead atoms. The van der Waals surface area contributed by atoms with Crippen LogP contribution in [-0.2, 0) is 4.74 Å². The molecule has 1 aliphatic carbocycles. The van der Waals surface area contributed by atoms with E-state index in [1.165, 1.54) is 11.8 Å². The van der Waals surface area contributed by atoms with Gasteiger partial charge in [0.05, 0.1) is 19.4 Å². The number of carbonyl (C=O) groups excluding carboxylic acids is 1. The van der Waals surface area contributed by atoms with Crippen molar-refractivity contribution in [3.05, 3.63) is 68.6 Å². The van der Waals surface area contributed by atoms with Gasteiger partial charge in [0, 0.05) is 35.0 Å². The van der Waals surface area contributed by atoms with Crippen LogP contribution < -0.4 is 5.43 Å². The standard InChI is InChI=1S/C21H21Cl2N5O2/c22-17-4-3-14(18(23)12-17)11-15-1-2-16(20(15)28-7-9-30-10-8-28)13-25-27-21(29)19-5-6-24-26-19/h3-6,11-13H,1-2,7-10H2,(H,24,26)(H,27,29)/b15-11+,25-13-. The summed E-state index contributed by atoms with van der Waals surface area (Å²) in [6.45, 7) is 2.97. The Morgan fingerprint density at radius 2 is 2.07 bits per heavy atom. The Kier molecular flexibility index (Phi) is 6.52. The first kappa shape index (κ1) is 20.7. The van der Waals surface area contributed by atoms with E-state index in [1.807, 2.05) is 12.1 Å². The van der Waals surface area contributed by atoms with Crippen LogP contribution in [0.5, 0.6) is 0 Å². The minimum absolute atomic E-state index is 0.334. The number of benzene rings is 1. The van der Waals surface area contributed by atoms with Gasteiger partial charge in [0.25, 0.3) is 5.91 Å². The lowest BCUT2D eigenvalue weighted by atomic mass is 10.1. The fourth-order valence-corrected chi connectivity index (χ4v) is 4.05. The van der Waals surface area contributed by atoms with Gasteiger partial charge in [-0.3, -0.25) is 9.89 Å². The van der Waals surface area contributed by atoms with Gasteiger partial charge in [-0.2, -0.15) is 10.2 Å². The molecule has 0 radical (unpaired) electrons. The Morgan fingerprint density at radius 1 is 1.23 bits per heavy atom. The third-order valence-electron chi connectivity index (χ3n) is 5.02. The van der Waals surface area contributed by atoms with E-state index in [-0.39, 0.29) is 5.91 Å². The quantitative estimate of drug-likeness (QED) is 0.539. The second-order valence-corrected chi connectivity index (χ2v) is 7.82. The first-order valence-electron chi connectivity index (χ1n) is 9.66. The highest BCUT2D eigenvalue weighted by Gasteiger charge is 2.25. The fourth-order valence-electron chi connectivity index (χ4n) is 3.59. The zero-order valence-electron chi connectivity index (χ0n) is 16.2. The van der Waals surface area contributed by atoms with Crippen LogP contribution in [-0.4, -0.2) is 53.5 Å². The van der Waals surface area contributed by atoms with Crippen LogP contribution in [0.4, 0.5) is 0 Å². The Balaban J connectivity index is 1.60. The van der Waals surface area contributed by atoms with Crippen LogP contribution >= 0.6 is 23.2 Å². The van der Waals surface area contributed by atoms with Crippen molar-refractivity contribution in [2.24, 2.45) is 5.10 Å². The van der Waals surface area contributed by atoms with E-state index in [0.29, 0.717) is 29.0 Å². The van der Waals surface area contributed by atoms with Crippen molar-refractivity contribution >= 4 is 41.4 Å². The molecule has 0 saturated carbocycles. The molecule has 4 rings (SSSR count). The highest BCUT2D eigenvalue weighted by atomic mass is 35.5. The Morgan fingerprint density at radius 3 is 2.80 bits per heavy atom. The summed E-state index contributed by atoms with van der Waals surface area (Å²) in [4.78, 5) is 14.4. The summed E-state index contributed by atoms with van der Waals surface area (Å²) >= 11 is 12.4. The minimum atomic E-state index is -0.334. The van der Waals surface area contributed by atoms with Crippen molar-refractivity contribution in [1.29, 1.82) is 0 Å². The molecule has 1 saturated heterocycles. The van der Waals surface area contributed by atoms with Gasteiger partial charge in [0.1, 0.15) is 5.69 Å². The van der Waals surface area contributed by atoms with Gasteiger partial charge in [-0.15, -0.1) is 0 Å². The predicted molar refractivity (Wildman–Crippen MR) is 118 cm³/mol. The van der Waals surface area contributed by atoms with E-state index < -0.39 is 0 Å². The third-order valence-corrected chi connectivity index (χ3v) is 5.59. The Labute approximate surface area is 184 Å². The highest BCUT2D eigenvalue weighted by Crippen LogP contribution is 2.36. The summed E-state index contributed by atoms with van der Waals surface area (Å²) in [5.41, 5.74) is 7.20. The number of morpholine rings is 1. The van der Waals surface area contributed by atoms with E-state index in [0.717, 1.165) is 42.8 Å². The van der Waals surface area contributed by atoms with Crippen molar-refractivity contribution in [3.8, 4) is 0 Å². The van der Waals surface area contributed by atoms with Crippen molar-refractivity contribution in [1.82, 2.24) is 20.5 Å². The van der Waals surface area contributed by atoms with Crippen molar-refractivity contribution < 1.29 is 9.53 Å². The summed E-state index contributed by atoms with van der Waals surface area (Å²) in [5, 5.41) is 11.8. The van der Waals surface area contributed by atoms with Gasteiger partial charge in [-0.05, 0) is 53.8 Å². The molecular weight excluding hydrogens is 425 g/mol. The molecule has 0 atom stereocenters. The number of amides is 1. The average molecular weight is 446 g/mol. The number of aromatic nitrogens is 2. The topological polar surface area (TPSA) is 82.6 Å². The molecule has 1 aromatic carbocycles. The lowest BCUT2D eigenvalue weighted by Crippen LogP contribution is -2.36. The second kappa shape index (κ2) is 9.47. The van der Waals surface area contributed by atoms with Crippen LogP contribution in [0.15, 0.2) is 52.4 Å². The largest absolute Gasteiger partial charge is 0.378 e. The molecular formula is C21H21Cl2N5O2. The van der Waals surface area contributed by atoms with E-state index >= 15 is 0 Å². The molecule has 1 fully saturated rings. The second-order valence-electron chi connectivity index (χ2n) is 6.98. The molecule has 2 aromatic rings. The summed E-state index contributed by atoms with van der Waals surface area (Å²) in [5.74, 6) is -0.334.